The molecule has 0 heterocycles. The minimum Gasteiger partial charge on any atom is -0.0616 e. The molecule has 1 radical (unpaired) electrons. The fourth-order valence-electron chi connectivity index (χ4n) is 2.63. The van der Waals surface area contributed by atoms with Crippen LogP contribution >= 0.6 is 0 Å². The van der Waals surface area contributed by atoms with Crippen molar-refractivity contribution in [2.24, 2.45) is 0 Å². The van der Waals surface area contributed by atoms with Crippen molar-refractivity contribution in [2.75, 3.05) is 0 Å². The molecule has 0 nitrogen and oxygen atoms in total. The Labute approximate surface area is 90.9 Å². The lowest BCUT2D eigenvalue weighted by Gasteiger charge is -2.12. The molecule has 0 spiro atoms. The number of benzene rings is 2. The smallest absolute Gasteiger partial charge is 0.0125 e. The van der Waals surface area contributed by atoms with Crippen LogP contribution in [0.2, 0.25) is 0 Å². The van der Waals surface area contributed by atoms with Crippen LogP contribution < -0.4 is 0 Å². The summed E-state index contributed by atoms with van der Waals surface area (Å²) in [6, 6.07) is 15.4. The van der Waals surface area contributed by atoms with Crippen molar-refractivity contribution in [3.8, 4) is 0 Å². The van der Waals surface area contributed by atoms with Gasteiger partial charge in [0, 0.05) is 0 Å². The first kappa shape index (κ1) is 8.96. The average Bonchev–Trinajstić information content (AvgIpc) is 2.82. The maximum absolute atomic E-state index is 2.47. The molecule has 15 heavy (non-hydrogen) atoms. The lowest BCUT2D eigenvalue weighted by atomic mass is 9.92. The average molecular weight is 195 g/mol. The molecule has 75 valence electrons. The Morgan fingerprint density at radius 3 is 2.67 bits per heavy atom. The van der Waals surface area contributed by atoms with Gasteiger partial charge >= 0.3 is 0 Å². The minimum atomic E-state index is 0.691. The molecule has 0 N–H and O–H groups in total. The van der Waals surface area contributed by atoms with Crippen molar-refractivity contribution in [3.63, 3.8) is 0 Å². The van der Waals surface area contributed by atoms with E-state index in [4.69, 9.17) is 0 Å². The summed E-state index contributed by atoms with van der Waals surface area (Å²) in [5.74, 6) is 0.691. The van der Waals surface area contributed by atoms with E-state index >= 15 is 0 Å². The van der Waals surface area contributed by atoms with E-state index in [9.17, 15) is 0 Å². The molecule has 0 saturated heterocycles. The van der Waals surface area contributed by atoms with Gasteiger partial charge in [-0.3, -0.25) is 0 Å². The van der Waals surface area contributed by atoms with Crippen LogP contribution in [0.4, 0.5) is 0 Å². The first-order chi connectivity index (χ1) is 7.45. The van der Waals surface area contributed by atoms with Gasteiger partial charge in [0.15, 0.2) is 0 Å². The summed E-state index contributed by atoms with van der Waals surface area (Å²) in [5, 5.41) is 2.80. The molecule has 0 heteroatoms. The van der Waals surface area contributed by atoms with Crippen molar-refractivity contribution in [2.45, 2.75) is 25.2 Å². The maximum atomic E-state index is 2.47. The quantitative estimate of drug-likeness (QED) is 0.636. The predicted octanol–water partition coefficient (Wildman–Crippen LogP) is 4.31. The van der Waals surface area contributed by atoms with Crippen LogP contribution in [-0.4, -0.2) is 0 Å². The van der Waals surface area contributed by atoms with E-state index in [0.717, 1.165) is 0 Å². The fourth-order valence-corrected chi connectivity index (χ4v) is 2.63. The molecular weight excluding hydrogens is 180 g/mol. The molecule has 0 bridgehead atoms. The summed E-state index contributed by atoms with van der Waals surface area (Å²) in [6.45, 7) is 0. The van der Waals surface area contributed by atoms with Crippen LogP contribution in [0.15, 0.2) is 42.5 Å². The Morgan fingerprint density at radius 1 is 0.933 bits per heavy atom. The molecule has 0 amide bonds. The molecule has 0 aliphatic heterocycles. The molecule has 3 rings (SSSR count). The van der Waals surface area contributed by atoms with E-state index in [-0.39, 0.29) is 0 Å². The second kappa shape index (κ2) is 3.69. The molecule has 1 fully saturated rings. The number of fused-ring (bicyclic) bond motifs is 1. The van der Waals surface area contributed by atoms with Gasteiger partial charge in [-0.05, 0) is 41.5 Å². The van der Waals surface area contributed by atoms with Crippen molar-refractivity contribution < 1.29 is 0 Å². The zero-order chi connectivity index (χ0) is 10.1. The third-order valence-corrected chi connectivity index (χ3v) is 3.39. The van der Waals surface area contributed by atoms with E-state index in [1.54, 1.807) is 0 Å². The van der Waals surface area contributed by atoms with Crippen LogP contribution in [-0.2, 0) is 0 Å². The fraction of sp³-hybridized carbons (Fsp3) is 0.267. The Kier molecular flexibility index (Phi) is 2.21. The highest BCUT2D eigenvalue weighted by Gasteiger charge is 2.18. The second-order valence-electron chi connectivity index (χ2n) is 4.34. The Bertz CT molecular complexity index is 459. The predicted molar refractivity (Wildman–Crippen MR) is 64.8 cm³/mol. The molecule has 2 aromatic rings. The summed E-state index contributed by atoms with van der Waals surface area (Å²) in [5.41, 5.74) is 1.52. The van der Waals surface area contributed by atoms with Crippen molar-refractivity contribution in [3.05, 3.63) is 54.4 Å². The zero-order valence-electron chi connectivity index (χ0n) is 8.82. The summed E-state index contributed by atoms with van der Waals surface area (Å²) >= 11 is 0. The monoisotopic (exact) mass is 195 g/mol. The summed E-state index contributed by atoms with van der Waals surface area (Å²) in [4.78, 5) is 0. The van der Waals surface area contributed by atoms with Gasteiger partial charge in [0.1, 0.15) is 0 Å². The van der Waals surface area contributed by atoms with Crippen molar-refractivity contribution in [1.82, 2.24) is 0 Å². The summed E-state index contributed by atoms with van der Waals surface area (Å²) < 4.78 is 0. The highest BCUT2D eigenvalue weighted by molar-refractivity contribution is 5.86. The highest BCUT2D eigenvalue weighted by atomic mass is 14.2. The van der Waals surface area contributed by atoms with Crippen LogP contribution in [0.25, 0.3) is 10.8 Å². The molecule has 1 unspecified atom stereocenters. The summed E-state index contributed by atoms with van der Waals surface area (Å²) in [6.07, 6.45) is 6.44. The van der Waals surface area contributed by atoms with Gasteiger partial charge in [0.25, 0.3) is 0 Å². The highest BCUT2D eigenvalue weighted by Crippen LogP contribution is 2.36. The number of hydrogen-bond acceptors (Lipinski definition) is 0. The molecular formula is C15H15. The normalized spacial score (nSPS) is 17.3. The van der Waals surface area contributed by atoms with Gasteiger partial charge in [-0.2, -0.15) is 0 Å². The van der Waals surface area contributed by atoms with Gasteiger partial charge in [0.05, 0.1) is 0 Å². The van der Waals surface area contributed by atoms with Crippen molar-refractivity contribution >= 4 is 10.8 Å². The van der Waals surface area contributed by atoms with Gasteiger partial charge in [-0.1, -0.05) is 48.9 Å². The lowest BCUT2D eigenvalue weighted by Crippen LogP contribution is -1.93. The maximum Gasteiger partial charge on any atom is -0.0125 e. The van der Waals surface area contributed by atoms with Crippen LogP contribution in [0.3, 0.4) is 0 Å². The van der Waals surface area contributed by atoms with Crippen LogP contribution in [0, 0.1) is 6.42 Å². The second-order valence-corrected chi connectivity index (χ2v) is 4.34. The molecule has 1 atom stereocenters. The number of hydrogen-bond donors (Lipinski definition) is 0. The SMILES string of the molecule is [CH]1CCCC1c1cccc2ccccc12. The first-order valence-corrected chi connectivity index (χ1v) is 5.76. The van der Waals surface area contributed by atoms with E-state index in [1.807, 2.05) is 0 Å². The Balaban J connectivity index is 2.16. The van der Waals surface area contributed by atoms with Gasteiger partial charge < -0.3 is 0 Å². The van der Waals surface area contributed by atoms with E-state index < -0.39 is 0 Å². The number of rotatable bonds is 1. The largest absolute Gasteiger partial charge is 0.0616 e. The van der Waals surface area contributed by atoms with Gasteiger partial charge in [-0.15, -0.1) is 0 Å². The lowest BCUT2D eigenvalue weighted by molar-refractivity contribution is 0.796. The van der Waals surface area contributed by atoms with E-state index in [1.165, 1.54) is 35.6 Å². The first-order valence-electron chi connectivity index (χ1n) is 5.76. The Morgan fingerprint density at radius 2 is 1.80 bits per heavy atom. The van der Waals surface area contributed by atoms with Crippen LogP contribution in [0.5, 0.6) is 0 Å². The molecule has 1 aliphatic carbocycles. The topological polar surface area (TPSA) is 0 Å². The third kappa shape index (κ3) is 1.54. The molecule has 2 aromatic carbocycles. The van der Waals surface area contributed by atoms with Crippen molar-refractivity contribution in [1.29, 1.82) is 0 Å². The van der Waals surface area contributed by atoms with E-state index in [0.29, 0.717) is 5.92 Å². The summed E-state index contributed by atoms with van der Waals surface area (Å²) in [7, 11) is 0. The van der Waals surface area contributed by atoms with Gasteiger partial charge in [-0.25, -0.2) is 0 Å². The minimum absolute atomic E-state index is 0.691. The zero-order valence-corrected chi connectivity index (χ0v) is 8.82. The standard InChI is InChI=1S/C15H15/c1-2-7-12(6-1)15-11-5-9-13-8-3-4-10-14(13)15/h3-6,8-12H,1-2,7H2. The van der Waals surface area contributed by atoms with Crippen LogP contribution in [0.1, 0.15) is 30.7 Å². The molecule has 1 saturated carbocycles. The molecule has 0 aromatic heterocycles. The van der Waals surface area contributed by atoms with E-state index in [2.05, 4.69) is 48.9 Å². The molecule has 1 aliphatic rings. The van der Waals surface area contributed by atoms with Gasteiger partial charge in [0.2, 0.25) is 0 Å². The Hall–Kier alpha value is -1.30. The third-order valence-electron chi connectivity index (χ3n) is 3.39.